The molecule has 2 N–H and O–H groups in total. The first kappa shape index (κ1) is 23.9. The average Bonchev–Trinajstić information content (AvgIpc) is 2.77. The second kappa shape index (κ2) is 12.4. The number of aliphatic imine (C=N–C) groups is 1. The molecule has 1 saturated heterocycles. The number of nitrogens with zero attached hydrogens (tertiary/aromatic N) is 3. The number of amides is 1. The van der Waals surface area contributed by atoms with Crippen LogP contribution in [0, 0.1) is 5.82 Å². The number of guanidine groups is 1. The van der Waals surface area contributed by atoms with Crippen molar-refractivity contribution in [2.24, 2.45) is 4.99 Å². The van der Waals surface area contributed by atoms with E-state index < -0.39 is 0 Å². The molecule has 1 aliphatic heterocycles. The summed E-state index contributed by atoms with van der Waals surface area (Å²) in [7, 11) is 1.75. The van der Waals surface area contributed by atoms with Gasteiger partial charge in [0, 0.05) is 58.4 Å². The van der Waals surface area contributed by atoms with E-state index in [4.69, 9.17) is 0 Å². The molecule has 1 amide bonds. The molecule has 0 atom stereocenters. The molecule has 0 spiro atoms. The van der Waals surface area contributed by atoms with E-state index in [1.807, 2.05) is 42.5 Å². The Hall–Kier alpha value is -2.36. The Morgan fingerprint density at radius 1 is 1.00 bits per heavy atom. The van der Waals surface area contributed by atoms with E-state index in [1.165, 1.54) is 12.1 Å². The molecule has 0 aromatic heterocycles. The van der Waals surface area contributed by atoms with Crippen LogP contribution in [-0.2, 0) is 11.3 Å². The molecule has 2 aromatic rings. The molecule has 162 valence electrons. The third kappa shape index (κ3) is 7.16. The molecule has 0 unspecified atom stereocenters. The molecule has 0 bridgehead atoms. The fourth-order valence-electron chi connectivity index (χ4n) is 3.33. The summed E-state index contributed by atoms with van der Waals surface area (Å²) >= 11 is 0. The highest BCUT2D eigenvalue weighted by molar-refractivity contribution is 14.0. The average molecular weight is 525 g/mol. The largest absolute Gasteiger partial charge is 0.368 e. The third-order valence-electron chi connectivity index (χ3n) is 4.95. The smallest absolute Gasteiger partial charge is 0.222 e. The summed E-state index contributed by atoms with van der Waals surface area (Å²) in [6.07, 6.45) is 0.390. The van der Waals surface area contributed by atoms with Gasteiger partial charge in [0.25, 0.3) is 0 Å². The Labute approximate surface area is 194 Å². The van der Waals surface area contributed by atoms with Gasteiger partial charge in [-0.2, -0.15) is 0 Å². The molecule has 3 rings (SSSR count). The summed E-state index contributed by atoms with van der Waals surface area (Å²) in [5.41, 5.74) is 2.12. The standard InChI is InChI=1S/C22H28FN5O.HI/c1-24-22(25-12-11-21(29)26-17-18-5-3-2-4-6-18)28-15-13-27(14-16-28)20-9-7-19(23)8-10-20;/h2-10H,11-17H2,1H3,(H,24,25)(H,26,29);1H. The minimum absolute atomic E-state index is 0. The SMILES string of the molecule is CN=C(NCCC(=O)NCc1ccccc1)N1CCN(c2ccc(F)cc2)CC1.I. The number of rotatable bonds is 6. The Balaban J connectivity index is 0.00000320. The molecule has 0 saturated carbocycles. The highest BCUT2D eigenvalue weighted by Crippen LogP contribution is 2.16. The van der Waals surface area contributed by atoms with E-state index in [0.29, 0.717) is 19.5 Å². The zero-order valence-electron chi connectivity index (χ0n) is 17.2. The van der Waals surface area contributed by atoms with Crippen molar-refractivity contribution in [2.75, 3.05) is 44.7 Å². The van der Waals surface area contributed by atoms with E-state index in [0.717, 1.165) is 43.4 Å². The van der Waals surface area contributed by atoms with Gasteiger partial charge >= 0.3 is 0 Å². The van der Waals surface area contributed by atoms with Gasteiger partial charge in [0.15, 0.2) is 5.96 Å². The molecular formula is C22H29FIN5O. The van der Waals surface area contributed by atoms with Crippen LogP contribution in [-0.4, -0.2) is 56.5 Å². The van der Waals surface area contributed by atoms with Gasteiger partial charge in [0.05, 0.1) is 0 Å². The lowest BCUT2D eigenvalue weighted by Crippen LogP contribution is -2.52. The summed E-state index contributed by atoms with van der Waals surface area (Å²) in [5.74, 6) is 0.599. The van der Waals surface area contributed by atoms with Crippen molar-refractivity contribution in [2.45, 2.75) is 13.0 Å². The lowest BCUT2D eigenvalue weighted by atomic mass is 10.2. The van der Waals surface area contributed by atoms with Gasteiger partial charge in [-0.25, -0.2) is 4.39 Å². The van der Waals surface area contributed by atoms with Gasteiger partial charge in [0.2, 0.25) is 5.91 Å². The van der Waals surface area contributed by atoms with Gasteiger partial charge in [-0.1, -0.05) is 30.3 Å². The first-order chi connectivity index (χ1) is 14.2. The number of halogens is 2. The van der Waals surface area contributed by atoms with Gasteiger partial charge in [-0.15, -0.1) is 24.0 Å². The van der Waals surface area contributed by atoms with Gasteiger partial charge in [-0.3, -0.25) is 9.79 Å². The van der Waals surface area contributed by atoms with Crippen LogP contribution in [0.25, 0.3) is 0 Å². The van der Waals surface area contributed by atoms with Crippen molar-refractivity contribution in [1.82, 2.24) is 15.5 Å². The Morgan fingerprint density at radius 3 is 2.30 bits per heavy atom. The maximum atomic E-state index is 13.1. The number of hydrogen-bond acceptors (Lipinski definition) is 3. The Bertz CT molecular complexity index is 808. The van der Waals surface area contributed by atoms with E-state index in [2.05, 4.69) is 25.4 Å². The molecule has 0 radical (unpaired) electrons. The fourth-order valence-corrected chi connectivity index (χ4v) is 3.33. The Kier molecular flexibility index (Phi) is 9.85. The molecule has 0 aliphatic carbocycles. The van der Waals surface area contributed by atoms with Crippen LogP contribution in [0.5, 0.6) is 0 Å². The minimum atomic E-state index is -0.218. The number of nitrogens with one attached hydrogen (secondary N) is 2. The van der Waals surface area contributed by atoms with Crippen LogP contribution in [0.4, 0.5) is 10.1 Å². The van der Waals surface area contributed by atoms with Crippen molar-refractivity contribution in [1.29, 1.82) is 0 Å². The van der Waals surface area contributed by atoms with Crippen LogP contribution < -0.4 is 15.5 Å². The normalized spacial score (nSPS) is 14.1. The monoisotopic (exact) mass is 525 g/mol. The minimum Gasteiger partial charge on any atom is -0.368 e. The number of benzene rings is 2. The van der Waals surface area contributed by atoms with E-state index >= 15 is 0 Å². The maximum absolute atomic E-state index is 13.1. The molecule has 30 heavy (non-hydrogen) atoms. The van der Waals surface area contributed by atoms with Gasteiger partial charge in [-0.05, 0) is 29.8 Å². The second-order valence-corrected chi connectivity index (χ2v) is 6.94. The van der Waals surface area contributed by atoms with Crippen molar-refractivity contribution in [3.05, 3.63) is 66.0 Å². The first-order valence-corrected chi connectivity index (χ1v) is 9.92. The van der Waals surface area contributed by atoms with Gasteiger partial charge < -0.3 is 20.4 Å². The molecule has 6 nitrogen and oxygen atoms in total. The molecule has 2 aromatic carbocycles. The van der Waals surface area contributed by atoms with Crippen LogP contribution >= 0.6 is 24.0 Å². The predicted molar refractivity (Wildman–Crippen MR) is 130 cm³/mol. The number of piperazine rings is 1. The van der Waals surface area contributed by atoms with Crippen molar-refractivity contribution >= 4 is 41.5 Å². The zero-order valence-corrected chi connectivity index (χ0v) is 19.5. The topological polar surface area (TPSA) is 60.0 Å². The van der Waals surface area contributed by atoms with Crippen molar-refractivity contribution < 1.29 is 9.18 Å². The lowest BCUT2D eigenvalue weighted by molar-refractivity contribution is -0.121. The van der Waals surface area contributed by atoms with Crippen LogP contribution in [0.3, 0.4) is 0 Å². The predicted octanol–water partition coefficient (Wildman–Crippen LogP) is 2.85. The maximum Gasteiger partial charge on any atom is 0.222 e. The van der Waals surface area contributed by atoms with Crippen LogP contribution in [0.2, 0.25) is 0 Å². The number of hydrogen-bond donors (Lipinski definition) is 2. The lowest BCUT2D eigenvalue weighted by Gasteiger charge is -2.37. The third-order valence-corrected chi connectivity index (χ3v) is 4.95. The van der Waals surface area contributed by atoms with E-state index in [1.54, 1.807) is 7.05 Å². The Morgan fingerprint density at radius 2 is 1.67 bits per heavy atom. The highest BCUT2D eigenvalue weighted by atomic mass is 127. The number of anilines is 1. The molecule has 1 fully saturated rings. The summed E-state index contributed by atoms with van der Waals surface area (Å²) in [6.45, 7) is 4.38. The second-order valence-electron chi connectivity index (χ2n) is 6.94. The summed E-state index contributed by atoms with van der Waals surface area (Å²) < 4.78 is 13.1. The van der Waals surface area contributed by atoms with Crippen LogP contribution in [0.1, 0.15) is 12.0 Å². The van der Waals surface area contributed by atoms with Crippen LogP contribution in [0.15, 0.2) is 59.6 Å². The quantitative estimate of drug-likeness (QED) is 0.346. The number of carbonyl (C=O) groups excluding carboxylic acids is 1. The van der Waals surface area contributed by atoms with E-state index in [9.17, 15) is 9.18 Å². The summed E-state index contributed by atoms with van der Waals surface area (Å²) in [6, 6.07) is 16.5. The number of carbonyl (C=O) groups is 1. The fraction of sp³-hybridized carbons (Fsp3) is 0.364. The highest BCUT2D eigenvalue weighted by Gasteiger charge is 2.19. The summed E-state index contributed by atoms with van der Waals surface area (Å²) in [4.78, 5) is 20.8. The van der Waals surface area contributed by atoms with E-state index in [-0.39, 0.29) is 35.7 Å². The molecule has 1 heterocycles. The van der Waals surface area contributed by atoms with Crippen molar-refractivity contribution in [3.63, 3.8) is 0 Å². The van der Waals surface area contributed by atoms with Crippen molar-refractivity contribution in [3.8, 4) is 0 Å². The zero-order chi connectivity index (χ0) is 20.5. The summed E-state index contributed by atoms with van der Waals surface area (Å²) in [5, 5.41) is 6.21. The molecule has 1 aliphatic rings. The molecular weight excluding hydrogens is 496 g/mol. The van der Waals surface area contributed by atoms with Gasteiger partial charge in [0.1, 0.15) is 5.82 Å². The molecule has 8 heteroatoms. The first-order valence-electron chi connectivity index (χ1n) is 9.92.